The summed E-state index contributed by atoms with van der Waals surface area (Å²) in [7, 11) is 0. The van der Waals surface area contributed by atoms with Gasteiger partial charge in [-0.05, 0) is 36.6 Å². The molecule has 1 aromatic rings. The number of ketones is 2. The molecule has 102 valence electrons. The number of aryl methyl sites for hydroxylation is 1. The van der Waals surface area contributed by atoms with Gasteiger partial charge in [0.25, 0.3) is 0 Å². The van der Waals surface area contributed by atoms with Crippen LogP contribution in [0, 0.1) is 0 Å². The van der Waals surface area contributed by atoms with Crippen molar-refractivity contribution in [2.24, 2.45) is 0 Å². The molecule has 0 aromatic heterocycles. The number of carbonyl (C=O) groups is 2. The summed E-state index contributed by atoms with van der Waals surface area (Å²) in [5, 5.41) is 0. The standard InChI is InChI=1S/C13H11F3O3/c14-13(15,16)12(18)7-10(17)8-3-4-11-9(6-8)2-1-5-19-11/h3-4,6H,1-2,5,7H2. The van der Waals surface area contributed by atoms with E-state index in [1.54, 1.807) is 6.07 Å². The van der Waals surface area contributed by atoms with Gasteiger partial charge in [-0.25, -0.2) is 0 Å². The van der Waals surface area contributed by atoms with Crippen molar-refractivity contribution in [2.75, 3.05) is 6.61 Å². The minimum atomic E-state index is -4.97. The molecule has 0 N–H and O–H groups in total. The van der Waals surface area contributed by atoms with Crippen LogP contribution in [0.5, 0.6) is 5.75 Å². The summed E-state index contributed by atoms with van der Waals surface area (Å²) in [5.41, 5.74) is 0.901. The van der Waals surface area contributed by atoms with Gasteiger partial charge in [-0.1, -0.05) is 0 Å². The van der Waals surface area contributed by atoms with E-state index in [0.717, 1.165) is 12.0 Å². The Morgan fingerprint density at radius 3 is 2.68 bits per heavy atom. The van der Waals surface area contributed by atoms with Crippen LogP contribution in [0.3, 0.4) is 0 Å². The van der Waals surface area contributed by atoms with Crippen LogP contribution in [-0.2, 0) is 11.2 Å². The Balaban J connectivity index is 2.14. The minimum Gasteiger partial charge on any atom is -0.493 e. The van der Waals surface area contributed by atoms with E-state index in [0.29, 0.717) is 18.8 Å². The fourth-order valence-electron chi connectivity index (χ4n) is 1.88. The molecule has 0 atom stereocenters. The summed E-state index contributed by atoms with van der Waals surface area (Å²) in [4.78, 5) is 22.4. The topological polar surface area (TPSA) is 43.4 Å². The van der Waals surface area contributed by atoms with Gasteiger partial charge in [0, 0.05) is 5.56 Å². The third-order valence-corrected chi connectivity index (χ3v) is 2.87. The molecule has 0 saturated carbocycles. The van der Waals surface area contributed by atoms with Crippen molar-refractivity contribution in [3.63, 3.8) is 0 Å². The number of alkyl halides is 3. The van der Waals surface area contributed by atoms with Crippen LogP contribution < -0.4 is 4.74 Å². The van der Waals surface area contributed by atoms with Gasteiger partial charge in [-0.15, -0.1) is 0 Å². The van der Waals surface area contributed by atoms with Gasteiger partial charge in [-0.2, -0.15) is 13.2 Å². The Morgan fingerprint density at radius 2 is 2.00 bits per heavy atom. The second-order valence-corrected chi connectivity index (χ2v) is 4.30. The average Bonchev–Trinajstić information content (AvgIpc) is 2.37. The number of ether oxygens (including phenoxy) is 1. The van der Waals surface area contributed by atoms with Crippen LogP contribution in [0.1, 0.15) is 28.8 Å². The smallest absolute Gasteiger partial charge is 0.450 e. The molecule has 3 nitrogen and oxygen atoms in total. The lowest BCUT2D eigenvalue weighted by Gasteiger charge is -2.17. The Labute approximate surface area is 107 Å². The zero-order valence-corrected chi connectivity index (χ0v) is 9.92. The van der Waals surface area contributed by atoms with E-state index in [1.165, 1.54) is 12.1 Å². The highest BCUT2D eigenvalue weighted by Crippen LogP contribution is 2.26. The molecule has 0 unspecified atom stereocenters. The molecule has 0 bridgehead atoms. The maximum atomic E-state index is 12.1. The number of fused-ring (bicyclic) bond motifs is 1. The second kappa shape index (κ2) is 5.03. The maximum absolute atomic E-state index is 12.1. The molecule has 19 heavy (non-hydrogen) atoms. The lowest BCUT2D eigenvalue weighted by Crippen LogP contribution is -2.25. The number of halogens is 3. The third-order valence-electron chi connectivity index (χ3n) is 2.87. The van der Waals surface area contributed by atoms with Crippen molar-refractivity contribution in [3.8, 4) is 5.75 Å². The van der Waals surface area contributed by atoms with Crippen LogP contribution in [0.2, 0.25) is 0 Å². The molecule has 2 rings (SSSR count). The molecule has 1 aliphatic rings. The van der Waals surface area contributed by atoms with Crippen molar-refractivity contribution in [1.29, 1.82) is 0 Å². The number of Topliss-reactive ketones (excluding diaryl/α,β-unsaturated/α-hetero) is 2. The van der Waals surface area contributed by atoms with E-state index in [-0.39, 0.29) is 5.56 Å². The predicted molar refractivity (Wildman–Crippen MR) is 60.3 cm³/mol. The lowest BCUT2D eigenvalue weighted by atomic mass is 9.99. The van der Waals surface area contributed by atoms with E-state index >= 15 is 0 Å². The molecule has 1 aliphatic heterocycles. The quantitative estimate of drug-likeness (QED) is 0.627. The van der Waals surface area contributed by atoms with Crippen molar-refractivity contribution >= 4 is 11.6 Å². The Bertz CT molecular complexity index is 520. The van der Waals surface area contributed by atoms with Gasteiger partial charge in [0.05, 0.1) is 13.0 Å². The normalized spacial score (nSPS) is 14.5. The Kier molecular flexibility index (Phi) is 3.59. The summed E-state index contributed by atoms with van der Waals surface area (Å²) in [6.45, 7) is 0.590. The molecule has 0 fully saturated rings. The molecule has 0 spiro atoms. The number of hydrogen-bond donors (Lipinski definition) is 0. The van der Waals surface area contributed by atoms with E-state index in [9.17, 15) is 22.8 Å². The number of rotatable bonds is 3. The van der Waals surface area contributed by atoms with Crippen molar-refractivity contribution in [2.45, 2.75) is 25.4 Å². The molecule has 1 heterocycles. The first-order valence-corrected chi connectivity index (χ1v) is 5.77. The first-order valence-electron chi connectivity index (χ1n) is 5.77. The molecular formula is C13H11F3O3. The number of carbonyl (C=O) groups excluding carboxylic acids is 2. The van der Waals surface area contributed by atoms with Crippen LogP contribution in [0.4, 0.5) is 13.2 Å². The average molecular weight is 272 g/mol. The van der Waals surface area contributed by atoms with E-state index in [2.05, 4.69) is 0 Å². The summed E-state index contributed by atoms with van der Waals surface area (Å²) in [6, 6.07) is 4.44. The van der Waals surface area contributed by atoms with Crippen LogP contribution in [0.15, 0.2) is 18.2 Å². The third kappa shape index (κ3) is 3.13. The molecular weight excluding hydrogens is 261 g/mol. The van der Waals surface area contributed by atoms with Crippen LogP contribution in [-0.4, -0.2) is 24.3 Å². The molecule has 0 amide bonds. The first-order chi connectivity index (χ1) is 8.88. The second-order valence-electron chi connectivity index (χ2n) is 4.30. The summed E-state index contributed by atoms with van der Waals surface area (Å²) >= 11 is 0. The lowest BCUT2D eigenvalue weighted by molar-refractivity contribution is -0.170. The van der Waals surface area contributed by atoms with E-state index < -0.39 is 24.2 Å². The zero-order valence-electron chi connectivity index (χ0n) is 9.92. The molecule has 6 heteroatoms. The molecule has 0 aliphatic carbocycles. The van der Waals surface area contributed by atoms with Gasteiger partial charge >= 0.3 is 6.18 Å². The highest BCUT2D eigenvalue weighted by Gasteiger charge is 2.39. The Hall–Kier alpha value is -1.85. The zero-order chi connectivity index (χ0) is 14.0. The van der Waals surface area contributed by atoms with Gasteiger partial charge < -0.3 is 4.74 Å². The summed E-state index contributed by atoms with van der Waals surface area (Å²) < 4.78 is 41.6. The predicted octanol–water partition coefficient (Wildman–Crippen LogP) is 2.72. The number of benzene rings is 1. The van der Waals surface area contributed by atoms with Crippen LogP contribution >= 0.6 is 0 Å². The molecule has 1 aromatic carbocycles. The van der Waals surface area contributed by atoms with Gasteiger partial charge in [-0.3, -0.25) is 9.59 Å². The minimum absolute atomic E-state index is 0.113. The highest BCUT2D eigenvalue weighted by molar-refractivity contribution is 6.09. The largest absolute Gasteiger partial charge is 0.493 e. The van der Waals surface area contributed by atoms with E-state index in [4.69, 9.17) is 4.74 Å². The van der Waals surface area contributed by atoms with Gasteiger partial charge in [0.1, 0.15) is 5.75 Å². The Morgan fingerprint density at radius 1 is 1.26 bits per heavy atom. The monoisotopic (exact) mass is 272 g/mol. The highest BCUT2D eigenvalue weighted by atomic mass is 19.4. The SMILES string of the molecule is O=C(CC(=O)C(F)(F)F)c1ccc2c(c1)CCCO2. The van der Waals surface area contributed by atoms with E-state index in [1.807, 2.05) is 0 Å². The fourth-order valence-corrected chi connectivity index (χ4v) is 1.88. The van der Waals surface area contributed by atoms with Crippen LogP contribution in [0.25, 0.3) is 0 Å². The number of hydrogen-bond acceptors (Lipinski definition) is 3. The van der Waals surface area contributed by atoms with Crippen molar-refractivity contribution in [1.82, 2.24) is 0 Å². The maximum Gasteiger partial charge on any atom is 0.450 e. The van der Waals surface area contributed by atoms with Crippen molar-refractivity contribution < 1.29 is 27.5 Å². The van der Waals surface area contributed by atoms with Gasteiger partial charge in [0.2, 0.25) is 5.78 Å². The first kappa shape index (κ1) is 13.6. The molecule has 0 saturated heterocycles. The fraction of sp³-hybridized carbons (Fsp3) is 0.385. The summed E-state index contributed by atoms with van der Waals surface area (Å²) in [6.07, 6.45) is -4.61. The van der Waals surface area contributed by atoms with Crippen molar-refractivity contribution in [3.05, 3.63) is 29.3 Å². The van der Waals surface area contributed by atoms with Gasteiger partial charge in [0.15, 0.2) is 5.78 Å². The summed E-state index contributed by atoms with van der Waals surface area (Å²) in [5.74, 6) is -2.20. The molecule has 0 radical (unpaired) electrons.